The maximum atomic E-state index is 13.2. The molecule has 0 spiro atoms. The number of rotatable bonds is 7. The first-order chi connectivity index (χ1) is 16.7. The number of amides is 1. The molecule has 1 aliphatic heterocycles. The van der Waals surface area contributed by atoms with Gasteiger partial charge in [-0.15, -0.1) is 0 Å². The smallest absolute Gasteiger partial charge is 0.255 e. The van der Waals surface area contributed by atoms with Crippen LogP contribution in [0, 0.1) is 13.8 Å². The molecule has 1 amide bonds. The van der Waals surface area contributed by atoms with Gasteiger partial charge in [0.1, 0.15) is 4.90 Å². The van der Waals surface area contributed by atoms with Crippen molar-refractivity contribution in [2.75, 3.05) is 18.4 Å². The summed E-state index contributed by atoms with van der Waals surface area (Å²) in [7, 11) is -3.57. The highest BCUT2D eigenvalue weighted by Gasteiger charge is 2.31. The molecule has 8 nitrogen and oxygen atoms in total. The van der Waals surface area contributed by atoms with Crippen molar-refractivity contribution in [3.63, 3.8) is 0 Å². The molecule has 9 heteroatoms. The Labute approximate surface area is 206 Å². The molecule has 1 aliphatic rings. The van der Waals surface area contributed by atoms with Crippen LogP contribution in [0.25, 0.3) is 0 Å². The predicted molar refractivity (Wildman–Crippen MR) is 134 cm³/mol. The van der Waals surface area contributed by atoms with Crippen molar-refractivity contribution in [3.8, 4) is 0 Å². The van der Waals surface area contributed by atoms with Gasteiger partial charge in [-0.3, -0.25) is 14.3 Å². The van der Waals surface area contributed by atoms with E-state index in [0.29, 0.717) is 52.7 Å². The van der Waals surface area contributed by atoms with Gasteiger partial charge >= 0.3 is 0 Å². The lowest BCUT2D eigenvalue weighted by Gasteiger charge is -2.26. The highest BCUT2D eigenvalue weighted by atomic mass is 32.2. The quantitative estimate of drug-likeness (QED) is 0.497. The monoisotopic (exact) mass is 494 g/mol. The number of nitrogens with zero attached hydrogens (tertiary/aromatic N) is 3. The number of sulfonamides is 1. The van der Waals surface area contributed by atoms with Gasteiger partial charge < -0.3 is 5.32 Å². The summed E-state index contributed by atoms with van der Waals surface area (Å²) in [4.78, 5) is 24.3. The molecular formula is C26H30N4O4S. The van der Waals surface area contributed by atoms with E-state index in [4.69, 9.17) is 0 Å². The van der Waals surface area contributed by atoms with Gasteiger partial charge in [-0.05, 0) is 75.6 Å². The first kappa shape index (κ1) is 24.8. The van der Waals surface area contributed by atoms with Gasteiger partial charge in [-0.25, -0.2) is 8.42 Å². The summed E-state index contributed by atoms with van der Waals surface area (Å²) in [6.45, 7) is 6.52. The number of piperidine rings is 1. The summed E-state index contributed by atoms with van der Waals surface area (Å²) < 4.78 is 29.7. The Balaban J connectivity index is 1.46. The highest BCUT2D eigenvalue weighted by Crippen LogP contribution is 2.26. The van der Waals surface area contributed by atoms with Crippen LogP contribution in [0.5, 0.6) is 0 Å². The largest absolute Gasteiger partial charge is 0.322 e. The van der Waals surface area contributed by atoms with Crippen molar-refractivity contribution in [2.24, 2.45) is 0 Å². The molecule has 0 aliphatic carbocycles. The minimum Gasteiger partial charge on any atom is -0.322 e. The van der Waals surface area contributed by atoms with Gasteiger partial charge in [0, 0.05) is 29.9 Å². The van der Waals surface area contributed by atoms with E-state index >= 15 is 0 Å². The van der Waals surface area contributed by atoms with Crippen LogP contribution in [0.3, 0.4) is 0 Å². The lowest BCUT2D eigenvalue weighted by atomic mass is 10.1. The van der Waals surface area contributed by atoms with Crippen LogP contribution in [0.15, 0.2) is 53.4 Å². The summed E-state index contributed by atoms with van der Waals surface area (Å²) in [5.74, 6) is -0.287. The lowest BCUT2D eigenvalue weighted by molar-refractivity contribution is 0.101. The van der Waals surface area contributed by atoms with Crippen molar-refractivity contribution in [1.82, 2.24) is 14.1 Å². The molecular weight excluding hydrogens is 464 g/mol. The van der Waals surface area contributed by atoms with E-state index in [1.54, 1.807) is 59.2 Å². The number of Topliss-reactive ketones (excluding diaryl/α,β-unsaturated/α-hetero) is 1. The van der Waals surface area contributed by atoms with E-state index in [0.717, 1.165) is 24.8 Å². The molecule has 0 saturated carbocycles. The molecule has 2 heterocycles. The summed E-state index contributed by atoms with van der Waals surface area (Å²) in [5.41, 5.74) is 3.70. The van der Waals surface area contributed by atoms with Crippen LogP contribution in [0.4, 0.5) is 5.69 Å². The Morgan fingerprint density at radius 3 is 2.11 bits per heavy atom. The van der Waals surface area contributed by atoms with E-state index in [9.17, 15) is 18.0 Å². The minimum atomic E-state index is -3.57. The van der Waals surface area contributed by atoms with Crippen LogP contribution in [0.1, 0.15) is 63.9 Å². The average molecular weight is 495 g/mol. The summed E-state index contributed by atoms with van der Waals surface area (Å²) in [6, 6.07) is 13.9. The van der Waals surface area contributed by atoms with Gasteiger partial charge in [0.05, 0.1) is 17.9 Å². The SMILES string of the molecule is CC(=O)c1ccc(NC(=O)c2ccc(Cn3nc(C)c(S(=O)(=O)N4CCCCC4)c3C)cc2)cc1. The molecule has 2 aromatic carbocycles. The fourth-order valence-corrected chi connectivity index (χ4v) is 6.26. The molecule has 1 aromatic heterocycles. The molecule has 1 fully saturated rings. The zero-order valence-electron chi connectivity index (χ0n) is 20.2. The molecule has 1 N–H and O–H groups in total. The zero-order valence-corrected chi connectivity index (χ0v) is 21.1. The number of carbonyl (C=O) groups is 2. The maximum absolute atomic E-state index is 13.2. The highest BCUT2D eigenvalue weighted by molar-refractivity contribution is 7.89. The van der Waals surface area contributed by atoms with Crippen molar-refractivity contribution < 1.29 is 18.0 Å². The Bertz CT molecular complexity index is 1340. The van der Waals surface area contributed by atoms with E-state index in [1.807, 2.05) is 12.1 Å². The zero-order chi connectivity index (χ0) is 25.2. The van der Waals surface area contributed by atoms with Crippen LogP contribution in [-0.2, 0) is 16.6 Å². The molecule has 184 valence electrons. The second kappa shape index (κ2) is 10.1. The van der Waals surface area contributed by atoms with Crippen LogP contribution in [0.2, 0.25) is 0 Å². The van der Waals surface area contributed by atoms with E-state index in [2.05, 4.69) is 10.4 Å². The molecule has 3 aromatic rings. The Hall–Kier alpha value is -3.30. The number of anilines is 1. The predicted octanol–water partition coefficient (Wildman–Crippen LogP) is 4.18. The Morgan fingerprint density at radius 2 is 1.51 bits per heavy atom. The number of carbonyl (C=O) groups excluding carboxylic acids is 2. The van der Waals surface area contributed by atoms with E-state index in [-0.39, 0.29) is 11.7 Å². The van der Waals surface area contributed by atoms with E-state index in [1.165, 1.54) is 6.92 Å². The number of nitrogens with one attached hydrogen (secondary N) is 1. The average Bonchev–Trinajstić information content (AvgIpc) is 3.13. The summed E-state index contributed by atoms with van der Waals surface area (Å²) >= 11 is 0. The van der Waals surface area contributed by atoms with Crippen molar-refractivity contribution in [3.05, 3.63) is 76.6 Å². The molecule has 35 heavy (non-hydrogen) atoms. The van der Waals surface area contributed by atoms with Crippen molar-refractivity contribution in [2.45, 2.75) is 51.5 Å². The fourth-order valence-electron chi connectivity index (χ4n) is 4.37. The lowest BCUT2D eigenvalue weighted by Crippen LogP contribution is -2.36. The van der Waals surface area contributed by atoms with Crippen LogP contribution >= 0.6 is 0 Å². The number of ketones is 1. The topological polar surface area (TPSA) is 101 Å². The number of aromatic nitrogens is 2. The third-order valence-electron chi connectivity index (χ3n) is 6.33. The first-order valence-electron chi connectivity index (χ1n) is 11.7. The van der Waals surface area contributed by atoms with Gasteiger partial charge in [0.2, 0.25) is 10.0 Å². The Kier molecular flexibility index (Phi) is 7.18. The first-order valence-corrected chi connectivity index (χ1v) is 13.2. The molecule has 0 bridgehead atoms. The van der Waals surface area contributed by atoms with Gasteiger partial charge in [-0.1, -0.05) is 18.6 Å². The van der Waals surface area contributed by atoms with Crippen LogP contribution < -0.4 is 5.32 Å². The maximum Gasteiger partial charge on any atom is 0.255 e. The second-order valence-corrected chi connectivity index (χ2v) is 10.8. The standard InChI is InChI=1S/C26H30N4O4S/c1-18-25(35(33,34)29-15-5-4-6-16-29)19(2)30(28-18)17-21-7-9-23(10-8-21)26(32)27-24-13-11-22(12-14-24)20(3)31/h7-14H,4-6,15-17H2,1-3H3,(H,27,32). The number of aryl methyl sites for hydroxylation is 1. The third kappa shape index (κ3) is 5.36. The molecule has 1 saturated heterocycles. The van der Waals surface area contributed by atoms with Gasteiger partial charge in [-0.2, -0.15) is 9.40 Å². The fraction of sp³-hybridized carbons (Fsp3) is 0.346. The molecule has 4 rings (SSSR count). The van der Waals surface area contributed by atoms with Gasteiger partial charge in [0.25, 0.3) is 5.91 Å². The van der Waals surface area contributed by atoms with Gasteiger partial charge in [0.15, 0.2) is 5.78 Å². The summed E-state index contributed by atoms with van der Waals surface area (Å²) in [6.07, 6.45) is 2.83. The van der Waals surface area contributed by atoms with E-state index < -0.39 is 10.0 Å². The number of hydrogen-bond acceptors (Lipinski definition) is 5. The Morgan fingerprint density at radius 1 is 0.914 bits per heavy atom. The normalized spacial score (nSPS) is 14.6. The third-order valence-corrected chi connectivity index (χ3v) is 8.48. The van der Waals surface area contributed by atoms with Crippen LogP contribution in [-0.4, -0.2) is 47.3 Å². The second-order valence-electron chi connectivity index (χ2n) is 8.91. The molecule has 0 unspecified atom stereocenters. The number of hydrogen-bond donors (Lipinski definition) is 1. The molecule has 0 radical (unpaired) electrons. The number of benzene rings is 2. The van der Waals surface area contributed by atoms with Crippen molar-refractivity contribution in [1.29, 1.82) is 0 Å². The molecule has 0 atom stereocenters. The van der Waals surface area contributed by atoms with Crippen molar-refractivity contribution >= 4 is 27.4 Å². The summed E-state index contributed by atoms with van der Waals surface area (Å²) in [5, 5.41) is 7.33. The minimum absolute atomic E-state index is 0.0303.